The Hall–Kier alpha value is -1.38. The van der Waals surface area contributed by atoms with E-state index in [9.17, 15) is 9.59 Å². The SMILES string of the molecule is CC=C(C=O)OC(C=O)=CC. The van der Waals surface area contributed by atoms with Crippen LogP contribution in [0.25, 0.3) is 0 Å². The van der Waals surface area contributed by atoms with E-state index in [4.69, 9.17) is 4.74 Å². The van der Waals surface area contributed by atoms with Crippen LogP contribution in [0.3, 0.4) is 0 Å². The topological polar surface area (TPSA) is 43.4 Å². The van der Waals surface area contributed by atoms with Gasteiger partial charge in [-0.1, -0.05) is 0 Å². The third-order valence-corrected chi connectivity index (χ3v) is 1.04. The fraction of sp³-hybridized carbons (Fsp3) is 0.250. The van der Waals surface area contributed by atoms with Crippen molar-refractivity contribution in [1.29, 1.82) is 0 Å². The van der Waals surface area contributed by atoms with Gasteiger partial charge in [-0.25, -0.2) is 0 Å². The molecule has 0 radical (unpaired) electrons. The summed E-state index contributed by atoms with van der Waals surface area (Å²) in [7, 11) is 0. The highest BCUT2D eigenvalue weighted by Crippen LogP contribution is 2.00. The first-order valence-electron chi connectivity index (χ1n) is 3.19. The van der Waals surface area contributed by atoms with Crippen LogP contribution in [0.15, 0.2) is 23.7 Å². The Morgan fingerprint density at radius 1 is 1.00 bits per heavy atom. The van der Waals surface area contributed by atoms with Gasteiger partial charge >= 0.3 is 0 Å². The zero-order valence-corrected chi connectivity index (χ0v) is 6.53. The fourth-order valence-electron chi connectivity index (χ4n) is 0.438. The Balaban J connectivity index is 4.22. The summed E-state index contributed by atoms with van der Waals surface area (Å²) in [4.78, 5) is 20.3. The Kier molecular flexibility index (Phi) is 4.73. The molecule has 0 unspecified atom stereocenters. The summed E-state index contributed by atoms with van der Waals surface area (Å²) < 4.78 is 4.83. The van der Waals surface area contributed by atoms with E-state index in [0.29, 0.717) is 12.6 Å². The average molecular weight is 154 g/mol. The second kappa shape index (κ2) is 5.41. The van der Waals surface area contributed by atoms with E-state index in [1.807, 2.05) is 0 Å². The summed E-state index contributed by atoms with van der Waals surface area (Å²) in [5.74, 6) is 0.287. The number of ether oxygens (including phenoxy) is 1. The van der Waals surface area contributed by atoms with Gasteiger partial charge in [-0.2, -0.15) is 0 Å². The van der Waals surface area contributed by atoms with Crippen molar-refractivity contribution in [2.24, 2.45) is 0 Å². The van der Waals surface area contributed by atoms with Crippen molar-refractivity contribution in [2.75, 3.05) is 0 Å². The molecule has 0 heterocycles. The summed E-state index contributed by atoms with van der Waals surface area (Å²) in [6, 6.07) is 0. The standard InChI is InChI=1S/C8H10O3/c1-3-7(5-9)11-8(4-2)6-10/h3-6H,1-2H3. The molecule has 0 N–H and O–H groups in total. The van der Waals surface area contributed by atoms with E-state index >= 15 is 0 Å². The number of carbonyl (C=O) groups is 2. The zero-order valence-electron chi connectivity index (χ0n) is 6.53. The van der Waals surface area contributed by atoms with Gasteiger partial charge in [0.05, 0.1) is 0 Å². The fourth-order valence-corrected chi connectivity index (χ4v) is 0.438. The third-order valence-electron chi connectivity index (χ3n) is 1.04. The van der Waals surface area contributed by atoms with Gasteiger partial charge in [-0.3, -0.25) is 9.59 Å². The molecule has 0 fully saturated rings. The Morgan fingerprint density at radius 3 is 1.55 bits per heavy atom. The van der Waals surface area contributed by atoms with Crippen molar-refractivity contribution in [3.63, 3.8) is 0 Å². The molecule has 0 rings (SSSR count). The van der Waals surface area contributed by atoms with Crippen LogP contribution in [0.4, 0.5) is 0 Å². The predicted molar refractivity (Wildman–Crippen MR) is 40.7 cm³/mol. The van der Waals surface area contributed by atoms with Crippen molar-refractivity contribution in [1.82, 2.24) is 0 Å². The van der Waals surface area contributed by atoms with Crippen molar-refractivity contribution < 1.29 is 14.3 Å². The van der Waals surface area contributed by atoms with E-state index in [1.54, 1.807) is 13.8 Å². The number of hydrogen-bond donors (Lipinski definition) is 0. The van der Waals surface area contributed by atoms with Crippen molar-refractivity contribution in [3.8, 4) is 0 Å². The van der Waals surface area contributed by atoms with Crippen LogP contribution in [0.1, 0.15) is 13.8 Å². The largest absolute Gasteiger partial charge is 0.451 e. The Labute approximate surface area is 65.4 Å². The molecule has 3 heteroatoms. The molecule has 0 atom stereocenters. The summed E-state index contributed by atoms with van der Waals surface area (Å²) in [6.45, 7) is 3.31. The van der Waals surface area contributed by atoms with Crippen LogP contribution < -0.4 is 0 Å². The second-order valence-electron chi connectivity index (χ2n) is 1.72. The maximum absolute atomic E-state index is 10.2. The lowest BCUT2D eigenvalue weighted by molar-refractivity contribution is -0.109. The molecule has 0 aromatic rings. The Morgan fingerprint density at radius 2 is 1.36 bits per heavy atom. The first-order valence-corrected chi connectivity index (χ1v) is 3.19. The molecule has 0 amide bonds. The molecule has 0 bridgehead atoms. The average Bonchev–Trinajstić information content (AvgIpc) is 2.07. The lowest BCUT2D eigenvalue weighted by atomic mass is 10.4. The highest BCUT2D eigenvalue weighted by molar-refractivity contribution is 5.75. The van der Waals surface area contributed by atoms with E-state index in [2.05, 4.69) is 0 Å². The molecule has 0 aliphatic heterocycles. The van der Waals surface area contributed by atoms with Crippen LogP contribution in [0.5, 0.6) is 0 Å². The minimum Gasteiger partial charge on any atom is -0.451 e. The number of aldehydes is 2. The van der Waals surface area contributed by atoms with Crippen LogP contribution >= 0.6 is 0 Å². The van der Waals surface area contributed by atoms with Crippen LogP contribution in [-0.2, 0) is 14.3 Å². The minimum atomic E-state index is 0.144. The van der Waals surface area contributed by atoms with Gasteiger partial charge < -0.3 is 4.74 Å². The number of hydrogen-bond acceptors (Lipinski definition) is 3. The van der Waals surface area contributed by atoms with Crippen LogP contribution in [0.2, 0.25) is 0 Å². The highest BCUT2D eigenvalue weighted by Gasteiger charge is 1.97. The summed E-state index contributed by atoms with van der Waals surface area (Å²) in [6.07, 6.45) is 4.07. The first kappa shape index (κ1) is 9.62. The molecule has 0 saturated carbocycles. The number of allylic oxidation sites excluding steroid dienone is 4. The van der Waals surface area contributed by atoms with Crippen LogP contribution in [-0.4, -0.2) is 12.6 Å². The maximum Gasteiger partial charge on any atom is 0.184 e. The number of rotatable bonds is 4. The smallest absolute Gasteiger partial charge is 0.184 e. The van der Waals surface area contributed by atoms with Gasteiger partial charge in [-0.05, 0) is 26.0 Å². The lowest BCUT2D eigenvalue weighted by Gasteiger charge is -2.00. The summed E-state index contributed by atoms with van der Waals surface area (Å²) in [5, 5.41) is 0. The van der Waals surface area contributed by atoms with Crippen molar-refractivity contribution >= 4 is 12.6 Å². The first-order chi connectivity index (χ1) is 5.28. The molecule has 0 spiro atoms. The van der Waals surface area contributed by atoms with E-state index < -0.39 is 0 Å². The monoisotopic (exact) mass is 154 g/mol. The molecule has 0 aromatic carbocycles. The predicted octanol–water partition coefficient (Wildman–Crippen LogP) is 1.21. The van der Waals surface area contributed by atoms with Gasteiger partial charge in [0.1, 0.15) is 0 Å². The van der Waals surface area contributed by atoms with Gasteiger partial charge in [0.25, 0.3) is 0 Å². The van der Waals surface area contributed by atoms with E-state index in [0.717, 1.165) is 0 Å². The quantitative estimate of drug-likeness (QED) is 0.347. The second-order valence-corrected chi connectivity index (χ2v) is 1.72. The third kappa shape index (κ3) is 3.35. The van der Waals surface area contributed by atoms with E-state index in [1.165, 1.54) is 12.2 Å². The van der Waals surface area contributed by atoms with Gasteiger partial charge in [-0.15, -0.1) is 0 Å². The summed E-state index contributed by atoms with van der Waals surface area (Å²) >= 11 is 0. The maximum atomic E-state index is 10.2. The molecule has 60 valence electrons. The van der Waals surface area contributed by atoms with Crippen molar-refractivity contribution in [3.05, 3.63) is 23.7 Å². The van der Waals surface area contributed by atoms with Crippen LogP contribution in [0, 0.1) is 0 Å². The molecule has 0 aliphatic carbocycles. The van der Waals surface area contributed by atoms with Gasteiger partial charge in [0, 0.05) is 0 Å². The summed E-state index contributed by atoms with van der Waals surface area (Å²) in [5.41, 5.74) is 0. The molecule has 0 aliphatic rings. The lowest BCUT2D eigenvalue weighted by Crippen LogP contribution is -1.94. The number of carbonyl (C=O) groups excluding carboxylic acids is 2. The zero-order chi connectivity index (χ0) is 8.69. The Bertz CT molecular complexity index is 179. The molecule has 0 saturated heterocycles. The normalized spacial score (nSPS) is 12.5. The van der Waals surface area contributed by atoms with Gasteiger partial charge in [0.2, 0.25) is 0 Å². The molecule has 0 aromatic heterocycles. The molecule has 3 nitrogen and oxygen atoms in total. The van der Waals surface area contributed by atoms with Gasteiger partial charge in [0.15, 0.2) is 24.1 Å². The molecule has 11 heavy (non-hydrogen) atoms. The molecular formula is C8H10O3. The minimum absolute atomic E-state index is 0.144. The highest BCUT2D eigenvalue weighted by atomic mass is 16.5. The van der Waals surface area contributed by atoms with E-state index in [-0.39, 0.29) is 11.5 Å². The molecular weight excluding hydrogens is 144 g/mol. The van der Waals surface area contributed by atoms with Crippen molar-refractivity contribution in [2.45, 2.75) is 13.8 Å².